The van der Waals surface area contributed by atoms with Crippen molar-refractivity contribution in [2.75, 3.05) is 49.6 Å². The second-order valence-electron chi connectivity index (χ2n) is 7.94. The fourth-order valence-corrected chi connectivity index (χ4v) is 4.29. The largest absolute Gasteiger partial charge is 0.496 e. The second-order valence-corrected chi connectivity index (χ2v) is 7.94. The molecule has 1 aromatic carbocycles. The van der Waals surface area contributed by atoms with Crippen LogP contribution in [0.15, 0.2) is 48.9 Å². The van der Waals surface area contributed by atoms with E-state index in [4.69, 9.17) is 14.7 Å². The summed E-state index contributed by atoms with van der Waals surface area (Å²) < 4.78 is 5.51. The molecule has 0 radical (unpaired) electrons. The highest BCUT2D eigenvalue weighted by Gasteiger charge is 2.24. The van der Waals surface area contributed by atoms with Gasteiger partial charge in [0.25, 0.3) is 0 Å². The Labute approximate surface area is 182 Å². The zero-order chi connectivity index (χ0) is 21.0. The fourth-order valence-electron chi connectivity index (χ4n) is 4.29. The van der Waals surface area contributed by atoms with Crippen molar-refractivity contribution < 1.29 is 4.74 Å². The molecule has 31 heavy (non-hydrogen) atoms. The van der Waals surface area contributed by atoms with Crippen molar-refractivity contribution >= 4 is 11.9 Å². The highest BCUT2D eigenvalue weighted by Crippen LogP contribution is 2.24. The number of nitrogens with zero attached hydrogens (tertiary/aromatic N) is 7. The molecular weight excluding hydrogens is 390 g/mol. The molecule has 0 spiro atoms. The molecule has 1 saturated heterocycles. The lowest BCUT2D eigenvalue weighted by Crippen LogP contribution is -2.47. The Kier molecular flexibility index (Phi) is 5.62. The van der Waals surface area contributed by atoms with E-state index in [9.17, 15) is 0 Å². The number of benzene rings is 1. The summed E-state index contributed by atoms with van der Waals surface area (Å²) >= 11 is 0. The Hall–Kier alpha value is -3.26. The molecule has 0 N–H and O–H groups in total. The highest BCUT2D eigenvalue weighted by molar-refractivity contribution is 5.39. The van der Waals surface area contributed by atoms with Crippen LogP contribution in [0.25, 0.3) is 0 Å². The molecular formula is C23H27N7O. The van der Waals surface area contributed by atoms with Crippen molar-refractivity contribution in [1.82, 2.24) is 24.8 Å². The van der Waals surface area contributed by atoms with Crippen molar-refractivity contribution in [1.29, 1.82) is 0 Å². The molecule has 2 aliphatic heterocycles. The summed E-state index contributed by atoms with van der Waals surface area (Å²) in [4.78, 5) is 25.3. The average molecular weight is 418 g/mol. The van der Waals surface area contributed by atoms with Gasteiger partial charge in [-0.15, -0.1) is 0 Å². The fraction of sp³-hybridized carbons (Fsp3) is 0.391. The lowest BCUT2D eigenvalue weighted by Gasteiger charge is -2.35. The van der Waals surface area contributed by atoms with Gasteiger partial charge in [-0.3, -0.25) is 4.90 Å². The van der Waals surface area contributed by atoms with Gasteiger partial charge in [0.2, 0.25) is 11.9 Å². The summed E-state index contributed by atoms with van der Waals surface area (Å²) in [6.07, 6.45) is 6.54. The Morgan fingerprint density at radius 2 is 1.61 bits per heavy atom. The lowest BCUT2D eigenvalue weighted by molar-refractivity contribution is 0.239. The predicted molar refractivity (Wildman–Crippen MR) is 119 cm³/mol. The molecule has 4 heterocycles. The van der Waals surface area contributed by atoms with Gasteiger partial charge in [-0.2, -0.15) is 0 Å². The van der Waals surface area contributed by atoms with E-state index in [1.165, 1.54) is 16.8 Å². The summed E-state index contributed by atoms with van der Waals surface area (Å²) in [5, 5.41) is 0. The number of hydrogen-bond donors (Lipinski definition) is 0. The average Bonchev–Trinajstić information content (AvgIpc) is 2.85. The smallest absolute Gasteiger partial charge is 0.225 e. The minimum absolute atomic E-state index is 0.795. The van der Waals surface area contributed by atoms with E-state index >= 15 is 0 Å². The standard InChI is InChI=1S/C23H27N7O/c1-31-21-6-3-2-5-18(21)16-28-10-7-20-19(17-28)15-26-23(27-20)30-13-11-29(12-14-30)22-24-8-4-9-25-22/h2-6,8-9,15H,7,10-14,16-17H2,1H3. The van der Waals surface area contributed by atoms with Crippen LogP contribution in [0, 0.1) is 0 Å². The Morgan fingerprint density at radius 3 is 2.39 bits per heavy atom. The topological polar surface area (TPSA) is 70.5 Å². The van der Waals surface area contributed by atoms with Gasteiger partial charge in [-0.05, 0) is 12.1 Å². The first-order valence-electron chi connectivity index (χ1n) is 10.8. The number of rotatable bonds is 5. The molecule has 8 heteroatoms. The molecule has 0 bridgehead atoms. The monoisotopic (exact) mass is 417 g/mol. The van der Waals surface area contributed by atoms with E-state index in [2.05, 4.69) is 36.8 Å². The van der Waals surface area contributed by atoms with Gasteiger partial charge in [0.1, 0.15) is 5.75 Å². The van der Waals surface area contributed by atoms with E-state index in [0.717, 1.165) is 69.9 Å². The second kappa shape index (κ2) is 8.85. The minimum atomic E-state index is 0.795. The molecule has 2 aromatic heterocycles. The maximum Gasteiger partial charge on any atom is 0.225 e. The molecule has 0 saturated carbocycles. The summed E-state index contributed by atoms with van der Waals surface area (Å²) in [5.74, 6) is 2.58. The first-order valence-corrected chi connectivity index (χ1v) is 10.8. The van der Waals surface area contributed by atoms with Gasteiger partial charge in [-0.25, -0.2) is 19.9 Å². The Morgan fingerprint density at radius 1 is 0.871 bits per heavy atom. The van der Waals surface area contributed by atoms with Crippen LogP contribution in [0.4, 0.5) is 11.9 Å². The van der Waals surface area contributed by atoms with E-state index < -0.39 is 0 Å². The molecule has 0 aliphatic carbocycles. The van der Waals surface area contributed by atoms with Crippen LogP contribution in [-0.4, -0.2) is 64.7 Å². The molecule has 0 unspecified atom stereocenters. The van der Waals surface area contributed by atoms with Crippen LogP contribution in [0.3, 0.4) is 0 Å². The maximum atomic E-state index is 5.51. The van der Waals surface area contributed by atoms with E-state index in [-0.39, 0.29) is 0 Å². The van der Waals surface area contributed by atoms with Gasteiger partial charge in [0, 0.05) is 82.0 Å². The zero-order valence-corrected chi connectivity index (χ0v) is 17.8. The molecule has 0 atom stereocenters. The number of ether oxygens (including phenoxy) is 1. The van der Waals surface area contributed by atoms with Crippen molar-refractivity contribution in [3.05, 3.63) is 65.7 Å². The number of hydrogen-bond acceptors (Lipinski definition) is 8. The van der Waals surface area contributed by atoms with Gasteiger partial charge >= 0.3 is 0 Å². The summed E-state index contributed by atoms with van der Waals surface area (Å²) in [7, 11) is 1.73. The minimum Gasteiger partial charge on any atom is -0.496 e. The molecule has 1 fully saturated rings. The molecule has 5 rings (SSSR count). The van der Waals surface area contributed by atoms with Crippen molar-refractivity contribution in [2.45, 2.75) is 19.5 Å². The van der Waals surface area contributed by atoms with Gasteiger partial charge in [-0.1, -0.05) is 18.2 Å². The summed E-state index contributed by atoms with van der Waals surface area (Å²) in [6.45, 7) is 6.21. The van der Waals surface area contributed by atoms with Gasteiger partial charge in [0.05, 0.1) is 12.8 Å². The zero-order valence-electron chi connectivity index (χ0n) is 17.8. The van der Waals surface area contributed by atoms with E-state index in [1.807, 2.05) is 24.4 Å². The van der Waals surface area contributed by atoms with Crippen LogP contribution < -0.4 is 14.5 Å². The first-order chi connectivity index (χ1) is 15.3. The van der Waals surface area contributed by atoms with E-state index in [1.54, 1.807) is 19.5 Å². The number of anilines is 2. The van der Waals surface area contributed by atoms with Gasteiger partial charge in [0.15, 0.2) is 0 Å². The third-order valence-corrected chi connectivity index (χ3v) is 5.98. The van der Waals surface area contributed by atoms with Crippen LogP contribution in [0.2, 0.25) is 0 Å². The SMILES string of the molecule is COc1ccccc1CN1CCc2nc(N3CCN(c4ncccn4)CC3)ncc2C1. The lowest BCUT2D eigenvalue weighted by atomic mass is 10.1. The van der Waals surface area contributed by atoms with Crippen molar-refractivity contribution in [3.63, 3.8) is 0 Å². The Balaban J connectivity index is 1.22. The molecule has 2 aliphatic rings. The molecule has 0 amide bonds. The first kappa shape index (κ1) is 19.7. The predicted octanol–water partition coefficient (Wildman–Crippen LogP) is 2.16. The van der Waals surface area contributed by atoms with Crippen LogP contribution in [0.1, 0.15) is 16.8 Å². The number of aromatic nitrogens is 4. The van der Waals surface area contributed by atoms with Crippen LogP contribution in [-0.2, 0) is 19.5 Å². The van der Waals surface area contributed by atoms with E-state index in [0.29, 0.717) is 0 Å². The van der Waals surface area contributed by atoms with Crippen LogP contribution in [0.5, 0.6) is 5.75 Å². The highest BCUT2D eigenvalue weighted by atomic mass is 16.5. The molecule has 3 aromatic rings. The quantitative estimate of drug-likeness (QED) is 0.626. The van der Waals surface area contributed by atoms with Gasteiger partial charge < -0.3 is 14.5 Å². The number of para-hydroxylation sites is 1. The summed E-state index contributed by atoms with van der Waals surface area (Å²) in [6, 6.07) is 10.1. The van der Waals surface area contributed by atoms with Crippen molar-refractivity contribution in [3.8, 4) is 5.75 Å². The molecule has 160 valence electrons. The normalized spacial score (nSPS) is 16.8. The third-order valence-electron chi connectivity index (χ3n) is 5.98. The number of piperazine rings is 1. The summed E-state index contributed by atoms with van der Waals surface area (Å²) in [5.41, 5.74) is 3.61. The molecule has 8 nitrogen and oxygen atoms in total. The van der Waals surface area contributed by atoms with Crippen LogP contribution >= 0.6 is 0 Å². The maximum absolute atomic E-state index is 5.51. The number of fused-ring (bicyclic) bond motifs is 1. The van der Waals surface area contributed by atoms with Crippen molar-refractivity contribution in [2.24, 2.45) is 0 Å². The third kappa shape index (κ3) is 4.29. The number of methoxy groups -OCH3 is 1. The Bertz CT molecular complexity index is 1020.